The van der Waals surface area contributed by atoms with E-state index in [1.54, 1.807) is 12.1 Å². The molecule has 0 bridgehead atoms. The van der Waals surface area contributed by atoms with Crippen LogP contribution in [0.1, 0.15) is 47.8 Å². The van der Waals surface area contributed by atoms with Crippen LogP contribution < -0.4 is 27.2 Å². The van der Waals surface area contributed by atoms with Gasteiger partial charge in [-0.05, 0) is 29.9 Å². The van der Waals surface area contributed by atoms with Gasteiger partial charge in [0, 0.05) is 19.5 Å². The fraction of sp³-hybridized carbons (Fsp3) is 0.333. The molecule has 3 rings (SSSR count). The largest absolute Gasteiger partial charge is 0.383 e. The van der Waals surface area contributed by atoms with Gasteiger partial charge in [0.05, 0.1) is 11.4 Å². The van der Waals surface area contributed by atoms with Gasteiger partial charge in [-0.1, -0.05) is 49.7 Å². The summed E-state index contributed by atoms with van der Waals surface area (Å²) >= 11 is 1.35. The van der Waals surface area contributed by atoms with Crippen molar-refractivity contribution in [2.75, 3.05) is 23.7 Å². The lowest BCUT2D eigenvalue weighted by Crippen LogP contribution is -2.42. The summed E-state index contributed by atoms with van der Waals surface area (Å²) in [7, 11) is 0. The van der Waals surface area contributed by atoms with Gasteiger partial charge in [0.1, 0.15) is 5.82 Å². The Balaban J connectivity index is 1.77. The highest BCUT2D eigenvalue weighted by Crippen LogP contribution is 2.20. The Morgan fingerprint density at radius 1 is 1.12 bits per heavy atom. The van der Waals surface area contributed by atoms with E-state index < -0.39 is 11.2 Å². The van der Waals surface area contributed by atoms with Crippen LogP contribution in [0.25, 0.3) is 0 Å². The summed E-state index contributed by atoms with van der Waals surface area (Å²) in [5, 5.41) is 4.61. The molecule has 0 aliphatic rings. The first-order valence-electron chi connectivity index (χ1n) is 11.2. The molecule has 1 aromatic carbocycles. The van der Waals surface area contributed by atoms with Crippen LogP contribution in [-0.2, 0) is 11.3 Å². The maximum absolute atomic E-state index is 13.1. The maximum Gasteiger partial charge on any atom is 0.330 e. The van der Waals surface area contributed by atoms with Crippen LogP contribution in [0.4, 0.5) is 11.5 Å². The summed E-state index contributed by atoms with van der Waals surface area (Å²) in [5.41, 5.74) is 5.78. The number of benzene rings is 1. The lowest BCUT2D eigenvalue weighted by Gasteiger charge is -2.24. The number of carbonyl (C=O) groups is 2. The standard InChI is InChI=1S/C24H29N5O4S/c1-2-3-14-28(19(30)12-7-13-26-22(31)18-11-8-15-34-18)20-21(25)29(24(33)27-23(20)32)16-17-9-5-4-6-10-17/h4-6,8-11,15H,2-3,7,12-14,16,25H2,1H3,(H,26,31)(H,27,32,33). The molecule has 2 heterocycles. The summed E-state index contributed by atoms with van der Waals surface area (Å²) in [6.07, 6.45) is 1.99. The first-order chi connectivity index (χ1) is 16.4. The number of amides is 2. The van der Waals surface area contributed by atoms with Crippen LogP contribution in [-0.4, -0.2) is 34.5 Å². The number of hydrogen-bond acceptors (Lipinski definition) is 6. The van der Waals surface area contributed by atoms with E-state index in [1.165, 1.54) is 20.8 Å². The van der Waals surface area contributed by atoms with E-state index in [-0.39, 0.29) is 36.3 Å². The zero-order chi connectivity index (χ0) is 24.5. The highest BCUT2D eigenvalue weighted by Gasteiger charge is 2.23. The number of nitrogens with zero attached hydrogens (tertiary/aromatic N) is 2. The minimum absolute atomic E-state index is 0.0170. The van der Waals surface area contributed by atoms with Gasteiger partial charge in [-0.3, -0.25) is 23.9 Å². The number of rotatable bonds is 11. The van der Waals surface area contributed by atoms with Gasteiger partial charge in [0.15, 0.2) is 5.69 Å². The third kappa shape index (κ3) is 6.22. The second-order valence-corrected chi connectivity index (χ2v) is 8.75. The van der Waals surface area contributed by atoms with Crippen molar-refractivity contribution in [3.05, 3.63) is 79.1 Å². The number of thiophene rings is 1. The molecule has 2 aromatic heterocycles. The van der Waals surface area contributed by atoms with Crippen molar-refractivity contribution in [2.24, 2.45) is 0 Å². The molecule has 10 heteroatoms. The molecule has 0 aliphatic heterocycles. The van der Waals surface area contributed by atoms with Crippen LogP contribution in [0, 0.1) is 0 Å². The van der Waals surface area contributed by atoms with Crippen molar-refractivity contribution in [3.8, 4) is 0 Å². The lowest BCUT2D eigenvalue weighted by molar-refractivity contribution is -0.118. The van der Waals surface area contributed by atoms with Crippen LogP contribution >= 0.6 is 11.3 Å². The van der Waals surface area contributed by atoms with Crippen LogP contribution in [0.3, 0.4) is 0 Å². The van der Waals surface area contributed by atoms with Crippen molar-refractivity contribution in [2.45, 2.75) is 39.2 Å². The fourth-order valence-corrected chi connectivity index (χ4v) is 4.15. The second-order valence-electron chi connectivity index (χ2n) is 7.80. The van der Waals surface area contributed by atoms with E-state index >= 15 is 0 Å². The Morgan fingerprint density at radius 2 is 1.88 bits per heavy atom. The van der Waals surface area contributed by atoms with E-state index in [9.17, 15) is 19.2 Å². The van der Waals surface area contributed by atoms with E-state index in [4.69, 9.17) is 5.73 Å². The van der Waals surface area contributed by atoms with Gasteiger partial charge < -0.3 is 16.0 Å². The Kier molecular flexibility index (Phi) is 8.80. The summed E-state index contributed by atoms with van der Waals surface area (Å²) < 4.78 is 1.26. The second kappa shape index (κ2) is 12.0. The fourth-order valence-electron chi connectivity index (χ4n) is 3.51. The molecule has 4 N–H and O–H groups in total. The molecule has 0 fully saturated rings. The molecule has 0 atom stereocenters. The van der Waals surface area contributed by atoms with Crippen molar-refractivity contribution >= 4 is 34.7 Å². The first kappa shape index (κ1) is 25.0. The molecule has 0 spiro atoms. The number of aromatic nitrogens is 2. The van der Waals surface area contributed by atoms with Gasteiger partial charge in [0.25, 0.3) is 11.5 Å². The minimum atomic E-state index is -0.692. The van der Waals surface area contributed by atoms with Crippen molar-refractivity contribution in [3.63, 3.8) is 0 Å². The van der Waals surface area contributed by atoms with E-state index in [0.717, 1.165) is 12.0 Å². The predicted molar refractivity (Wildman–Crippen MR) is 134 cm³/mol. The molecule has 0 aliphatic carbocycles. The highest BCUT2D eigenvalue weighted by molar-refractivity contribution is 7.12. The number of nitrogens with two attached hydrogens (primary N) is 1. The third-order valence-electron chi connectivity index (χ3n) is 5.30. The Labute approximate surface area is 201 Å². The van der Waals surface area contributed by atoms with Gasteiger partial charge in [0.2, 0.25) is 5.91 Å². The van der Waals surface area contributed by atoms with E-state index in [2.05, 4.69) is 10.3 Å². The zero-order valence-corrected chi connectivity index (χ0v) is 19.9. The highest BCUT2D eigenvalue weighted by atomic mass is 32.1. The van der Waals surface area contributed by atoms with Crippen molar-refractivity contribution < 1.29 is 9.59 Å². The number of anilines is 2. The molecular formula is C24H29N5O4S. The number of nitrogen functional groups attached to an aromatic ring is 1. The first-order valence-corrected chi connectivity index (χ1v) is 12.1. The Bertz CT molecular complexity index is 1220. The molecule has 2 amide bonds. The maximum atomic E-state index is 13.1. The average molecular weight is 484 g/mol. The molecule has 0 saturated heterocycles. The SMILES string of the molecule is CCCCN(C(=O)CCCNC(=O)c1cccs1)c1c(N)n(Cc2ccccc2)c(=O)[nH]c1=O. The third-order valence-corrected chi connectivity index (χ3v) is 6.17. The summed E-state index contributed by atoms with van der Waals surface area (Å²) in [6.45, 7) is 2.77. The van der Waals surface area contributed by atoms with Gasteiger partial charge in [-0.2, -0.15) is 0 Å². The molecule has 9 nitrogen and oxygen atoms in total. The molecule has 0 saturated carbocycles. The predicted octanol–water partition coefficient (Wildman–Crippen LogP) is 2.57. The van der Waals surface area contributed by atoms with Gasteiger partial charge in [-0.25, -0.2) is 4.79 Å². The number of carbonyl (C=O) groups excluding carboxylic acids is 2. The smallest absolute Gasteiger partial charge is 0.330 e. The molecule has 3 aromatic rings. The number of H-pyrrole nitrogens is 1. The topological polar surface area (TPSA) is 130 Å². The monoisotopic (exact) mass is 483 g/mol. The molecule has 180 valence electrons. The summed E-state index contributed by atoms with van der Waals surface area (Å²) in [4.78, 5) is 54.6. The number of unbranched alkanes of at least 4 members (excludes halogenated alkanes) is 1. The van der Waals surface area contributed by atoms with E-state index in [1.807, 2.05) is 42.6 Å². The average Bonchev–Trinajstić information content (AvgIpc) is 3.37. The van der Waals surface area contributed by atoms with Crippen LogP contribution in [0.15, 0.2) is 57.4 Å². The normalized spacial score (nSPS) is 10.7. The lowest BCUT2D eigenvalue weighted by atomic mass is 10.2. The molecule has 34 heavy (non-hydrogen) atoms. The van der Waals surface area contributed by atoms with Crippen LogP contribution in [0.2, 0.25) is 0 Å². The van der Waals surface area contributed by atoms with Gasteiger partial charge >= 0.3 is 5.69 Å². The Morgan fingerprint density at radius 3 is 2.56 bits per heavy atom. The number of nitrogens with one attached hydrogen (secondary N) is 2. The number of hydrogen-bond donors (Lipinski definition) is 3. The van der Waals surface area contributed by atoms with Crippen LogP contribution in [0.5, 0.6) is 0 Å². The number of aromatic amines is 1. The zero-order valence-electron chi connectivity index (χ0n) is 19.1. The summed E-state index contributed by atoms with van der Waals surface area (Å²) in [5.74, 6) is -0.520. The summed E-state index contributed by atoms with van der Waals surface area (Å²) in [6, 6.07) is 12.8. The molecule has 0 radical (unpaired) electrons. The Hall–Kier alpha value is -3.66. The minimum Gasteiger partial charge on any atom is -0.383 e. The van der Waals surface area contributed by atoms with Crippen molar-refractivity contribution in [1.82, 2.24) is 14.9 Å². The van der Waals surface area contributed by atoms with E-state index in [0.29, 0.717) is 30.8 Å². The quantitative estimate of drug-likeness (QED) is 0.361. The molecular weight excluding hydrogens is 454 g/mol. The van der Waals surface area contributed by atoms with Crippen molar-refractivity contribution in [1.29, 1.82) is 0 Å². The molecule has 0 unspecified atom stereocenters. The van der Waals surface area contributed by atoms with Gasteiger partial charge in [-0.15, -0.1) is 11.3 Å².